The number of aliphatic hydroxyl groups excluding tert-OH is 3. The number of nitro groups is 1. The number of ether oxygens (including phenoxy) is 2. The minimum absolute atomic E-state index is 0.188. The molecule has 0 aromatic heterocycles. The minimum Gasteiger partial charge on any atom is -0.455 e. The van der Waals surface area contributed by atoms with Gasteiger partial charge >= 0.3 is 13.5 Å². The predicted octanol–water partition coefficient (Wildman–Crippen LogP) is 3.60. The molecule has 3 N–H and O–H groups in total. The molecule has 1 aromatic rings. The van der Waals surface area contributed by atoms with E-state index in [0.29, 0.717) is 0 Å². The van der Waals surface area contributed by atoms with Crippen molar-refractivity contribution in [3.63, 3.8) is 0 Å². The van der Waals surface area contributed by atoms with Crippen LogP contribution in [0.25, 0.3) is 0 Å². The minimum atomic E-state index is -4.06. The fourth-order valence-electron chi connectivity index (χ4n) is 4.94. The van der Waals surface area contributed by atoms with Gasteiger partial charge in [-0.1, -0.05) is 50.7 Å². The first-order chi connectivity index (χ1) is 17.8. The van der Waals surface area contributed by atoms with Gasteiger partial charge < -0.3 is 24.8 Å². The van der Waals surface area contributed by atoms with Crippen LogP contribution in [0.4, 0.5) is 5.69 Å². The third-order valence-electron chi connectivity index (χ3n) is 7.03. The van der Waals surface area contributed by atoms with Crippen LogP contribution >= 0.6 is 7.82 Å². The number of para-hydroxylation sites is 2. The van der Waals surface area contributed by atoms with Crippen LogP contribution in [-0.4, -0.2) is 69.8 Å². The van der Waals surface area contributed by atoms with Crippen LogP contribution in [0, 0.1) is 10.1 Å². The average molecular weight is 546 g/mol. The first-order valence-corrected chi connectivity index (χ1v) is 14.4. The molecule has 1 aliphatic heterocycles. The zero-order valence-corrected chi connectivity index (χ0v) is 21.5. The van der Waals surface area contributed by atoms with Crippen molar-refractivity contribution < 1.29 is 47.9 Å². The molecule has 5 atom stereocenters. The van der Waals surface area contributed by atoms with Gasteiger partial charge in [-0.15, -0.1) is 0 Å². The topological polar surface area (TPSA) is 167 Å². The molecule has 208 valence electrons. The van der Waals surface area contributed by atoms with Gasteiger partial charge in [-0.3, -0.25) is 23.7 Å². The summed E-state index contributed by atoms with van der Waals surface area (Å²) >= 11 is 0. The Labute approximate surface area is 215 Å². The zero-order chi connectivity index (χ0) is 26.4. The Morgan fingerprint density at radius 3 is 2.03 bits per heavy atom. The number of hydrogen-bond donors (Lipinski definition) is 3. The summed E-state index contributed by atoms with van der Waals surface area (Å²) in [5, 5.41) is 42.7. The maximum absolute atomic E-state index is 13.7. The smallest absolute Gasteiger partial charge is 0.455 e. The van der Waals surface area contributed by atoms with Crippen molar-refractivity contribution in [1.29, 1.82) is 0 Å². The summed E-state index contributed by atoms with van der Waals surface area (Å²) in [7, 11) is -4.06. The molecule has 2 saturated carbocycles. The van der Waals surface area contributed by atoms with E-state index in [-0.39, 0.29) is 23.6 Å². The highest BCUT2D eigenvalue weighted by Crippen LogP contribution is 2.54. The van der Waals surface area contributed by atoms with Gasteiger partial charge in [0.2, 0.25) is 6.29 Å². The fourth-order valence-corrected chi connectivity index (χ4v) is 6.59. The van der Waals surface area contributed by atoms with E-state index in [0.717, 1.165) is 64.2 Å². The van der Waals surface area contributed by atoms with Gasteiger partial charge in [0.1, 0.15) is 24.4 Å². The number of rotatable bonds is 10. The van der Waals surface area contributed by atoms with Gasteiger partial charge in [-0.25, -0.2) is 4.57 Å². The lowest BCUT2D eigenvalue weighted by molar-refractivity contribution is -0.387. The lowest BCUT2D eigenvalue weighted by Crippen LogP contribution is -2.60. The Hall–Kier alpha value is -1.63. The van der Waals surface area contributed by atoms with Gasteiger partial charge in [-0.05, 0) is 31.7 Å². The molecule has 3 aliphatic rings. The molecule has 0 unspecified atom stereocenters. The standard InChI is InChI=1S/C24H36NO11P/c26-21-20(34-24(23(28)22(21)27)33-19-14-8-7-13-18(19)25(29)30)15-32-37(31,35-16-9-3-1-4-10-16)36-17-11-5-2-6-12-17/h7-8,13-14,16-17,20-24,26-28H,1-6,9-12,15H2/t20-,21-,22+,23-,24+/m0/s1. The molecule has 0 spiro atoms. The van der Waals surface area contributed by atoms with Crippen molar-refractivity contribution in [3.05, 3.63) is 34.4 Å². The van der Waals surface area contributed by atoms with E-state index in [1.54, 1.807) is 0 Å². The van der Waals surface area contributed by atoms with Gasteiger partial charge in [0.05, 0.1) is 23.7 Å². The lowest BCUT2D eigenvalue weighted by Gasteiger charge is -2.40. The molecule has 2 aliphatic carbocycles. The molecule has 4 rings (SSSR count). The van der Waals surface area contributed by atoms with Crippen LogP contribution < -0.4 is 4.74 Å². The first-order valence-electron chi connectivity index (χ1n) is 13.0. The van der Waals surface area contributed by atoms with Crippen LogP contribution in [0.2, 0.25) is 0 Å². The highest BCUT2D eigenvalue weighted by atomic mass is 31.2. The van der Waals surface area contributed by atoms with Crippen molar-refractivity contribution in [3.8, 4) is 5.75 Å². The molecule has 12 nitrogen and oxygen atoms in total. The molecule has 0 radical (unpaired) electrons. The summed E-state index contributed by atoms with van der Waals surface area (Å²) in [6.45, 7) is -0.488. The summed E-state index contributed by atoms with van der Waals surface area (Å²) < 4.78 is 42.3. The maximum atomic E-state index is 13.7. The summed E-state index contributed by atoms with van der Waals surface area (Å²) in [5.41, 5.74) is -0.363. The molecule has 1 aromatic carbocycles. The highest BCUT2D eigenvalue weighted by Gasteiger charge is 2.47. The molecule has 1 heterocycles. The van der Waals surface area contributed by atoms with Crippen molar-refractivity contribution >= 4 is 13.5 Å². The Morgan fingerprint density at radius 2 is 1.46 bits per heavy atom. The van der Waals surface area contributed by atoms with Crippen LogP contribution in [0.3, 0.4) is 0 Å². The van der Waals surface area contributed by atoms with Gasteiger partial charge in [0.25, 0.3) is 0 Å². The molecule has 3 fully saturated rings. The van der Waals surface area contributed by atoms with E-state index >= 15 is 0 Å². The summed E-state index contributed by atoms with van der Waals surface area (Å²) in [6, 6.07) is 5.50. The largest absolute Gasteiger partial charge is 0.475 e. The summed E-state index contributed by atoms with van der Waals surface area (Å²) in [5.74, 6) is -0.188. The van der Waals surface area contributed by atoms with E-state index in [1.807, 2.05) is 0 Å². The Bertz CT molecular complexity index is 913. The maximum Gasteiger partial charge on any atom is 0.475 e. The molecular weight excluding hydrogens is 509 g/mol. The van der Waals surface area contributed by atoms with Crippen LogP contribution in [0.1, 0.15) is 64.2 Å². The van der Waals surface area contributed by atoms with Crippen LogP contribution in [-0.2, 0) is 22.9 Å². The Balaban J connectivity index is 1.45. The third kappa shape index (κ3) is 7.48. The second-order valence-electron chi connectivity index (χ2n) is 9.83. The van der Waals surface area contributed by atoms with Crippen LogP contribution in [0.15, 0.2) is 24.3 Å². The number of hydrogen-bond acceptors (Lipinski definition) is 11. The summed E-state index contributed by atoms with van der Waals surface area (Å²) in [6.07, 6.45) is 0.473. The second kappa shape index (κ2) is 12.9. The van der Waals surface area contributed by atoms with Crippen molar-refractivity contribution in [2.75, 3.05) is 6.61 Å². The highest BCUT2D eigenvalue weighted by molar-refractivity contribution is 7.48. The van der Waals surface area contributed by atoms with Crippen molar-refractivity contribution in [2.45, 2.75) is 107 Å². The van der Waals surface area contributed by atoms with Crippen molar-refractivity contribution in [1.82, 2.24) is 0 Å². The van der Waals surface area contributed by atoms with Gasteiger partial charge in [-0.2, -0.15) is 0 Å². The fraction of sp³-hybridized carbons (Fsp3) is 0.750. The third-order valence-corrected chi connectivity index (χ3v) is 8.61. The number of nitro benzene ring substituents is 1. The van der Waals surface area contributed by atoms with E-state index in [9.17, 15) is 30.0 Å². The molecule has 37 heavy (non-hydrogen) atoms. The van der Waals surface area contributed by atoms with E-state index in [1.165, 1.54) is 24.3 Å². The second-order valence-corrected chi connectivity index (χ2v) is 11.4. The van der Waals surface area contributed by atoms with E-state index < -0.39 is 50.1 Å². The van der Waals surface area contributed by atoms with Gasteiger partial charge in [0.15, 0.2) is 5.75 Å². The number of nitrogens with zero attached hydrogens (tertiary/aromatic N) is 1. The molecule has 1 saturated heterocycles. The van der Waals surface area contributed by atoms with Crippen molar-refractivity contribution in [2.24, 2.45) is 0 Å². The van der Waals surface area contributed by atoms with E-state index in [4.69, 9.17) is 23.0 Å². The van der Waals surface area contributed by atoms with Crippen LogP contribution in [0.5, 0.6) is 5.75 Å². The zero-order valence-electron chi connectivity index (χ0n) is 20.6. The SMILES string of the molecule is O=[N+]([O-])c1ccccc1O[C@@H]1O[C@@H](COP(=O)(OC2CCCCC2)OC2CCCCC2)[C@H](O)[C@@H](O)[C@@H]1O. The monoisotopic (exact) mass is 545 g/mol. The predicted molar refractivity (Wildman–Crippen MR) is 130 cm³/mol. The summed E-state index contributed by atoms with van der Waals surface area (Å²) in [4.78, 5) is 10.7. The molecule has 0 bridgehead atoms. The number of aliphatic hydroxyl groups is 3. The Kier molecular flexibility index (Phi) is 9.93. The van der Waals surface area contributed by atoms with E-state index in [2.05, 4.69) is 0 Å². The number of phosphoric acid groups is 1. The molecular formula is C24H36NO11P. The average Bonchev–Trinajstić information content (AvgIpc) is 2.89. The van der Waals surface area contributed by atoms with Gasteiger partial charge in [0, 0.05) is 6.07 Å². The molecule has 0 amide bonds. The number of phosphoric ester groups is 1. The lowest BCUT2D eigenvalue weighted by atomic mass is 9.98. The first kappa shape index (κ1) is 28.4. The molecule has 13 heteroatoms. The normalized spacial score (nSPS) is 30.2. The quantitative estimate of drug-likeness (QED) is 0.223. The Morgan fingerprint density at radius 1 is 0.892 bits per heavy atom. The number of benzene rings is 1.